The molecule has 200 valence electrons. The average molecular weight is 711 g/mol. The Balaban J connectivity index is 1.48. The summed E-state index contributed by atoms with van der Waals surface area (Å²) in [5.74, 6) is 0. The third kappa shape index (κ3) is 4.18. The van der Waals surface area contributed by atoms with Crippen LogP contribution in [0.2, 0.25) is 15.9 Å². The molecule has 0 radical (unpaired) electrons. The summed E-state index contributed by atoms with van der Waals surface area (Å²) >= 11 is -3.98. The van der Waals surface area contributed by atoms with Crippen molar-refractivity contribution in [1.29, 1.82) is 0 Å². The number of allylic oxidation sites excluding steroid dienone is 2. The van der Waals surface area contributed by atoms with Gasteiger partial charge >= 0.3 is 247 Å². The molecule has 0 spiro atoms. The fourth-order valence-corrected chi connectivity index (χ4v) is 51.1. The van der Waals surface area contributed by atoms with Crippen LogP contribution >= 0.6 is 0 Å². The molecule has 2 heteroatoms. The topological polar surface area (TPSA) is 0 Å². The zero-order valence-corrected chi connectivity index (χ0v) is 28.7. The van der Waals surface area contributed by atoms with Gasteiger partial charge in [0.25, 0.3) is 0 Å². The number of hydrogen-bond acceptors (Lipinski definition) is 0. The number of hydrogen-bond donors (Lipinski definition) is 0. The van der Waals surface area contributed by atoms with E-state index in [2.05, 4.69) is 168 Å². The molecule has 0 saturated heterocycles. The van der Waals surface area contributed by atoms with E-state index in [4.69, 9.17) is 0 Å². The Morgan fingerprint density at radius 2 is 0.902 bits per heavy atom. The quantitative estimate of drug-likeness (QED) is 0.159. The first-order valence-electron chi connectivity index (χ1n) is 14.8. The van der Waals surface area contributed by atoms with Crippen LogP contribution in [0.4, 0.5) is 0 Å². The molecular formula is C39H36HfSi. The van der Waals surface area contributed by atoms with Crippen molar-refractivity contribution in [2.75, 3.05) is 0 Å². The minimum absolute atomic E-state index is 0.491. The van der Waals surface area contributed by atoms with Gasteiger partial charge in [-0.05, 0) is 0 Å². The minimum atomic E-state index is -3.98. The molecule has 5 aromatic carbocycles. The average Bonchev–Trinajstić information content (AvgIpc) is 3.68. The van der Waals surface area contributed by atoms with Gasteiger partial charge in [0.05, 0.1) is 0 Å². The molecule has 0 fully saturated rings. The first-order chi connectivity index (χ1) is 20.0. The molecule has 2 aliphatic rings. The molecule has 2 atom stereocenters. The van der Waals surface area contributed by atoms with Gasteiger partial charge in [0.15, 0.2) is 0 Å². The molecule has 7 rings (SSSR count). The van der Waals surface area contributed by atoms with Crippen LogP contribution in [0, 0.1) is 0 Å². The van der Waals surface area contributed by atoms with E-state index in [-0.39, 0.29) is 0 Å². The second kappa shape index (κ2) is 10.2. The number of rotatable bonds is 5. The summed E-state index contributed by atoms with van der Waals surface area (Å²) in [7, 11) is 0. The molecule has 0 saturated carbocycles. The third-order valence-electron chi connectivity index (χ3n) is 10.3. The van der Waals surface area contributed by atoms with Crippen LogP contribution in [-0.4, -0.2) is 5.49 Å². The van der Waals surface area contributed by atoms with E-state index >= 15 is 0 Å². The van der Waals surface area contributed by atoms with Crippen LogP contribution in [0.1, 0.15) is 29.6 Å². The van der Waals surface area contributed by atoms with E-state index in [0.717, 1.165) is 0 Å². The zero-order chi connectivity index (χ0) is 28.1. The first kappa shape index (κ1) is 26.6. The van der Waals surface area contributed by atoms with Gasteiger partial charge in [-0.15, -0.1) is 0 Å². The van der Waals surface area contributed by atoms with Gasteiger partial charge in [-0.2, -0.15) is 0 Å². The zero-order valence-electron chi connectivity index (χ0n) is 24.1. The SMILES string of the molecule is C[Si](c1ccccc1)=[Hf]([CH3])([CH3])([CH]1C=Cc2c(-c3ccccc3)cccc21)[CH]1C=Cc2c(-c3ccccc3)cccc21. The molecule has 0 nitrogen and oxygen atoms in total. The maximum atomic E-state index is 2.82. The van der Waals surface area contributed by atoms with Crippen molar-refractivity contribution in [3.05, 3.63) is 162 Å². The molecule has 0 aromatic heterocycles. The summed E-state index contributed by atoms with van der Waals surface area (Å²) in [5, 5.41) is 1.58. The van der Waals surface area contributed by atoms with Gasteiger partial charge in [0.1, 0.15) is 0 Å². The van der Waals surface area contributed by atoms with Crippen molar-refractivity contribution in [1.82, 2.24) is 0 Å². The van der Waals surface area contributed by atoms with Crippen molar-refractivity contribution in [3.63, 3.8) is 0 Å². The van der Waals surface area contributed by atoms with Crippen LogP contribution in [-0.2, 0) is 17.1 Å². The second-order valence-corrected chi connectivity index (χ2v) is 58.7. The fraction of sp³-hybridized carbons (Fsp3) is 0.128. The summed E-state index contributed by atoms with van der Waals surface area (Å²) in [5.41, 5.74) is 10.4. The van der Waals surface area contributed by atoms with Crippen LogP contribution in [0.3, 0.4) is 0 Å². The van der Waals surface area contributed by atoms with Gasteiger partial charge in [-0.1, -0.05) is 0 Å². The summed E-state index contributed by atoms with van der Waals surface area (Å²) in [4.78, 5) is 0. The molecule has 0 bridgehead atoms. The fourth-order valence-electron chi connectivity index (χ4n) is 7.76. The van der Waals surface area contributed by atoms with E-state index in [1.54, 1.807) is 16.3 Å². The standard InChI is InChI=1S/2C15H11.C7H8Si.2CH3.Hf/c2*1-2-6-12(7-3-1)14-10-4-8-13-9-5-11-15(13)14;1-8-7-5-3-2-4-6-7;;;/h2*1-11H;2-6H,1H3;2*1H3;. The summed E-state index contributed by atoms with van der Waals surface area (Å²) < 4.78 is 6.62. The molecule has 2 unspecified atom stereocenters. The maximum absolute atomic E-state index is 3.98. The Kier molecular flexibility index (Phi) is 6.60. The third-order valence-corrected chi connectivity index (χ3v) is 65.0. The van der Waals surface area contributed by atoms with E-state index in [9.17, 15) is 0 Å². The van der Waals surface area contributed by atoms with Gasteiger partial charge in [0.2, 0.25) is 0 Å². The Morgan fingerprint density at radius 1 is 0.488 bits per heavy atom. The van der Waals surface area contributed by atoms with Crippen LogP contribution in [0.15, 0.2) is 140 Å². The molecule has 0 N–H and O–H groups in total. The first-order valence-corrected chi connectivity index (χ1v) is 33.5. The molecule has 2 aliphatic carbocycles. The molecule has 41 heavy (non-hydrogen) atoms. The Labute approximate surface area is 245 Å². The second-order valence-electron chi connectivity index (χ2n) is 12.6. The van der Waals surface area contributed by atoms with Crippen LogP contribution in [0.5, 0.6) is 0 Å². The van der Waals surface area contributed by atoms with Crippen molar-refractivity contribution in [3.8, 4) is 22.3 Å². The molecule has 0 heterocycles. The van der Waals surface area contributed by atoms with Gasteiger partial charge in [0, 0.05) is 0 Å². The van der Waals surface area contributed by atoms with Crippen LogP contribution in [0.25, 0.3) is 34.4 Å². The normalized spacial score (nSPS) is 17.4. The van der Waals surface area contributed by atoms with E-state index in [0.29, 0.717) is 7.35 Å². The van der Waals surface area contributed by atoms with E-state index in [1.165, 1.54) is 33.4 Å². The Bertz CT molecular complexity index is 1780. The predicted molar refractivity (Wildman–Crippen MR) is 177 cm³/mol. The van der Waals surface area contributed by atoms with Crippen molar-refractivity contribution >= 4 is 22.8 Å². The molecule has 0 aliphatic heterocycles. The Hall–Kier alpha value is -3.33. The molecule has 0 amide bonds. The van der Waals surface area contributed by atoms with Gasteiger partial charge in [-0.25, -0.2) is 0 Å². The Morgan fingerprint density at radius 3 is 1.34 bits per heavy atom. The molecular weight excluding hydrogens is 675 g/mol. The van der Waals surface area contributed by atoms with Crippen molar-refractivity contribution in [2.45, 2.75) is 23.3 Å². The molecule has 5 aromatic rings. The van der Waals surface area contributed by atoms with Crippen molar-refractivity contribution < 1.29 is 17.1 Å². The van der Waals surface area contributed by atoms with Crippen LogP contribution < -0.4 is 5.19 Å². The number of fused-ring (bicyclic) bond motifs is 2. The van der Waals surface area contributed by atoms with Gasteiger partial charge in [-0.3, -0.25) is 0 Å². The summed E-state index contributed by atoms with van der Waals surface area (Å²) in [6.07, 6.45) is 10.2. The number of benzene rings is 5. The summed E-state index contributed by atoms with van der Waals surface area (Å²) in [6, 6.07) is 47.4. The predicted octanol–water partition coefficient (Wildman–Crippen LogP) is 10.2. The summed E-state index contributed by atoms with van der Waals surface area (Å²) in [6.45, 7) is 2.65. The van der Waals surface area contributed by atoms with E-state index < -0.39 is 22.6 Å². The monoisotopic (exact) mass is 712 g/mol. The van der Waals surface area contributed by atoms with Crippen molar-refractivity contribution in [2.24, 2.45) is 0 Å². The van der Waals surface area contributed by atoms with Gasteiger partial charge < -0.3 is 0 Å². The van der Waals surface area contributed by atoms with E-state index in [1.807, 2.05) is 0 Å².